The summed E-state index contributed by atoms with van der Waals surface area (Å²) in [4.78, 5) is 11.5. The fraction of sp³-hybridized carbons (Fsp3) is 0.250. The molecule has 2 rings (SSSR count). The number of hydrogen-bond donors (Lipinski definition) is 1. The van der Waals surface area contributed by atoms with Gasteiger partial charge in [0.15, 0.2) is 11.3 Å². The van der Waals surface area contributed by atoms with Gasteiger partial charge in [0.05, 0.1) is 13.7 Å². The minimum Gasteiger partial charge on any atom is -0.493 e. The Morgan fingerprint density at radius 2 is 2.11 bits per heavy atom. The number of halogens is 1. The summed E-state index contributed by atoms with van der Waals surface area (Å²) in [6, 6.07) is 4.94. The molecule has 1 aromatic heterocycles. The predicted molar refractivity (Wildman–Crippen MR) is 70.4 cm³/mol. The molecule has 0 saturated carbocycles. The van der Waals surface area contributed by atoms with E-state index in [0.29, 0.717) is 29.0 Å². The van der Waals surface area contributed by atoms with E-state index in [4.69, 9.17) is 19.6 Å². The Labute approximate surface area is 110 Å². The molecule has 5 nitrogen and oxygen atoms in total. The Morgan fingerprint density at radius 3 is 2.72 bits per heavy atom. The van der Waals surface area contributed by atoms with E-state index in [9.17, 15) is 4.79 Å². The van der Waals surface area contributed by atoms with Gasteiger partial charge >= 0.3 is 5.97 Å². The number of hydrogen-bond acceptors (Lipinski definition) is 5. The number of anilines is 1. The molecule has 0 aliphatic heterocycles. The summed E-state index contributed by atoms with van der Waals surface area (Å²) in [5.41, 5.74) is 6.74. The molecule has 0 radical (unpaired) electrons. The predicted octanol–water partition coefficient (Wildman–Crippen LogP) is 2.62. The molecular weight excluding hydrogens is 258 g/mol. The maximum absolute atomic E-state index is 11.5. The maximum atomic E-state index is 11.5. The third-order valence-electron chi connectivity index (χ3n) is 2.30. The number of carbonyl (C=O) groups is 1. The Bertz CT molecular complexity index is 564. The van der Waals surface area contributed by atoms with Gasteiger partial charge < -0.3 is 19.6 Å². The van der Waals surface area contributed by atoms with Gasteiger partial charge in [-0.1, -0.05) is 0 Å². The topological polar surface area (TPSA) is 74.7 Å². The number of benzene rings is 1. The van der Waals surface area contributed by atoms with Crippen molar-refractivity contribution in [2.24, 2.45) is 0 Å². The lowest BCUT2D eigenvalue weighted by Crippen LogP contribution is -2.02. The van der Waals surface area contributed by atoms with E-state index in [1.807, 2.05) is 0 Å². The van der Waals surface area contributed by atoms with Crippen molar-refractivity contribution in [2.45, 2.75) is 6.92 Å². The summed E-state index contributed by atoms with van der Waals surface area (Å²) in [5, 5.41) is 0.713. The smallest absolute Gasteiger partial charge is 0.374 e. The second-order valence-corrected chi connectivity index (χ2v) is 3.47. The van der Waals surface area contributed by atoms with Crippen LogP contribution in [0.5, 0.6) is 5.75 Å². The number of rotatable bonds is 3. The van der Waals surface area contributed by atoms with Crippen molar-refractivity contribution in [1.29, 1.82) is 0 Å². The van der Waals surface area contributed by atoms with Crippen molar-refractivity contribution < 1.29 is 18.7 Å². The zero-order valence-corrected chi connectivity index (χ0v) is 10.9. The summed E-state index contributed by atoms with van der Waals surface area (Å²) in [6.07, 6.45) is 0. The molecular formula is C12H14ClNO4. The van der Waals surface area contributed by atoms with Crippen molar-refractivity contribution >= 4 is 35.0 Å². The van der Waals surface area contributed by atoms with Crippen molar-refractivity contribution in [1.82, 2.24) is 0 Å². The van der Waals surface area contributed by atoms with Crippen LogP contribution in [-0.4, -0.2) is 19.7 Å². The Morgan fingerprint density at radius 1 is 1.39 bits per heavy atom. The standard InChI is InChI=1S/C12H13NO4.ClH/c1-3-16-12(14)10-5-7-4-8(13)6-9(15-2)11(7)17-10;/h4-6H,3,13H2,1-2H3;1H. The Kier molecular flexibility index (Phi) is 4.44. The quantitative estimate of drug-likeness (QED) is 0.686. The lowest BCUT2D eigenvalue weighted by atomic mass is 10.2. The van der Waals surface area contributed by atoms with Gasteiger partial charge in [-0.25, -0.2) is 4.79 Å². The number of esters is 1. The minimum atomic E-state index is -0.496. The van der Waals surface area contributed by atoms with Gasteiger partial charge in [-0.3, -0.25) is 0 Å². The zero-order chi connectivity index (χ0) is 12.4. The highest BCUT2D eigenvalue weighted by atomic mass is 35.5. The molecule has 2 N–H and O–H groups in total. The monoisotopic (exact) mass is 271 g/mol. The van der Waals surface area contributed by atoms with E-state index in [0.717, 1.165) is 0 Å². The molecule has 0 atom stereocenters. The van der Waals surface area contributed by atoms with Crippen LogP contribution >= 0.6 is 12.4 Å². The maximum Gasteiger partial charge on any atom is 0.374 e. The molecule has 0 bridgehead atoms. The third-order valence-corrected chi connectivity index (χ3v) is 2.30. The average Bonchev–Trinajstić information content (AvgIpc) is 2.71. The van der Waals surface area contributed by atoms with Crippen molar-refractivity contribution in [3.05, 3.63) is 24.0 Å². The number of furan rings is 1. The van der Waals surface area contributed by atoms with Crippen molar-refractivity contribution in [3.63, 3.8) is 0 Å². The highest BCUT2D eigenvalue weighted by molar-refractivity contribution is 5.95. The first kappa shape index (κ1) is 14.2. The summed E-state index contributed by atoms with van der Waals surface area (Å²) < 4.78 is 15.4. The number of nitrogen functional groups attached to an aromatic ring is 1. The van der Waals surface area contributed by atoms with Gasteiger partial charge in [0, 0.05) is 17.1 Å². The number of carbonyl (C=O) groups excluding carboxylic acids is 1. The highest BCUT2D eigenvalue weighted by Gasteiger charge is 2.16. The van der Waals surface area contributed by atoms with Crippen LogP contribution in [0.2, 0.25) is 0 Å². The summed E-state index contributed by atoms with van der Waals surface area (Å²) in [5.74, 6) is 0.144. The second kappa shape index (κ2) is 5.64. The molecule has 0 fully saturated rings. The van der Waals surface area contributed by atoms with Gasteiger partial charge in [-0.2, -0.15) is 0 Å². The van der Waals surface area contributed by atoms with E-state index in [2.05, 4.69) is 0 Å². The first-order valence-corrected chi connectivity index (χ1v) is 5.20. The fourth-order valence-corrected chi connectivity index (χ4v) is 1.60. The third kappa shape index (κ3) is 2.51. The molecule has 6 heteroatoms. The van der Waals surface area contributed by atoms with E-state index in [-0.39, 0.29) is 18.2 Å². The second-order valence-electron chi connectivity index (χ2n) is 3.47. The molecule has 2 aromatic rings. The van der Waals surface area contributed by atoms with Crippen LogP contribution in [0.1, 0.15) is 17.5 Å². The fourth-order valence-electron chi connectivity index (χ4n) is 1.60. The molecule has 0 unspecified atom stereocenters. The van der Waals surface area contributed by atoms with Gasteiger partial charge in [-0.15, -0.1) is 12.4 Å². The van der Waals surface area contributed by atoms with Crippen molar-refractivity contribution in [3.8, 4) is 5.75 Å². The van der Waals surface area contributed by atoms with E-state index in [1.54, 1.807) is 25.1 Å². The molecule has 98 valence electrons. The highest BCUT2D eigenvalue weighted by Crippen LogP contribution is 2.31. The molecule has 1 aromatic carbocycles. The van der Waals surface area contributed by atoms with Crippen LogP contribution in [0.4, 0.5) is 5.69 Å². The number of nitrogens with two attached hydrogens (primary N) is 1. The summed E-state index contributed by atoms with van der Waals surface area (Å²) in [6.45, 7) is 2.04. The normalized spacial score (nSPS) is 9.89. The van der Waals surface area contributed by atoms with E-state index >= 15 is 0 Å². The van der Waals surface area contributed by atoms with Crippen LogP contribution in [0.15, 0.2) is 22.6 Å². The van der Waals surface area contributed by atoms with Crippen LogP contribution in [0.3, 0.4) is 0 Å². The summed E-state index contributed by atoms with van der Waals surface area (Å²) >= 11 is 0. The van der Waals surface area contributed by atoms with Crippen LogP contribution in [-0.2, 0) is 4.74 Å². The first-order valence-electron chi connectivity index (χ1n) is 5.20. The minimum absolute atomic E-state index is 0. The van der Waals surface area contributed by atoms with Gasteiger partial charge in [0.2, 0.25) is 5.76 Å². The molecule has 0 saturated heterocycles. The lowest BCUT2D eigenvalue weighted by molar-refractivity contribution is 0.0492. The summed E-state index contributed by atoms with van der Waals surface area (Å²) in [7, 11) is 1.51. The first-order chi connectivity index (χ1) is 8.15. The van der Waals surface area contributed by atoms with E-state index in [1.165, 1.54) is 7.11 Å². The Hall–Kier alpha value is -1.88. The average molecular weight is 272 g/mol. The molecule has 0 aliphatic carbocycles. The molecule has 0 aliphatic rings. The SMILES string of the molecule is CCOC(=O)c1cc2cc(N)cc(OC)c2o1.Cl. The van der Waals surface area contributed by atoms with Gasteiger partial charge in [-0.05, 0) is 19.1 Å². The van der Waals surface area contributed by atoms with Crippen molar-refractivity contribution in [2.75, 3.05) is 19.5 Å². The van der Waals surface area contributed by atoms with Crippen LogP contribution < -0.4 is 10.5 Å². The number of ether oxygens (including phenoxy) is 2. The molecule has 0 spiro atoms. The lowest BCUT2D eigenvalue weighted by Gasteiger charge is -2.01. The van der Waals surface area contributed by atoms with Gasteiger partial charge in [0.25, 0.3) is 0 Å². The number of methoxy groups -OCH3 is 1. The molecule has 0 amide bonds. The molecule has 1 heterocycles. The van der Waals surface area contributed by atoms with E-state index < -0.39 is 5.97 Å². The zero-order valence-electron chi connectivity index (χ0n) is 10.1. The molecule has 18 heavy (non-hydrogen) atoms. The van der Waals surface area contributed by atoms with Crippen LogP contribution in [0, 0.1) is 0 Å². The largest absolute Gasteiger partial charge is 0.493 e. The number of fused-ring (bicyclic) bond motifs is 1. The van der Waals surface area contributed by atoms with Crippen LogP contribution in [0.25, 0.3) is 11.0 Å². The van der Waals surface area contributed by atoms with Gasteiger partial charge in [0.1, 0.15) is 0 Å². The Balaban J connectivity index is 0.00000162.